The number of carbonyl (C=O) groups is 1. The molecule has 2 N–H and O–H groups in total. The molecule has 1 aromatic heterocycles. The summed E-state index contributed by atoms with van der Waals surface area (Å²) >= 11 is 4.87. The Hall–Kier alpha value is -0.390. The van der Waals surface area contributed by atoms with E-state index in [1.807, 2.05) is 11.4 Å². The van der Waals surface area contributed by atoms with Gasteiger partial charge in [0, 0.05) is 18.0 Å². The second-order valence-corrected chi connectivity index (χ2v) is 5.59. The molecule has 2 heterocycles. The first-order chi connectivity index (χ1) is 6.75. The quantitative estimate of drug-likeness (QED) is 0.860. The van der Waals surface area contributed by atoms with Gasteiger partial charge in [-0.1, -0.05) is 0 Å². The lowest BCUT2D eigenvalue weighted by atomic mass is 10.2. The van der Waals surface area contributed by atoms with Crippen LogP contribution in [0, 0.1) is 0 Å². The Morgan fingerprint density at radius 2 is 2.57 bits per heavy atom. The van der Waals surface area contributed by atoms with Gasteiger partial charge in [0.1, 0.15) is 0 Å². The first kappa shape index (κ1) is 10.1. The summed E-state index contributed by atoms with van der Waals surface area (Å²) in [6, 6.07) is 2.14. The van der Waals surface area contributed by atoms with E-state index < -0.39 is 0 Å². The van der Waals surface area contributed by atoms with Gasteiger partial charge in [-0.2, -0.15) is 0 Å². The molecule has 0 saturated carbocycles. The maximum Gasteiger partial charge on any atom is 0.252 e. The summed E-state index contributed by atoms with van der Waals surface area (Å²) < 4.78 is 0.993. The fraction of sp³-hybridized carbons (Fsp3) is 0.444. The molecule has 1 fully saturated rings. The van der Waals surface area contributed by atoms with Crippen LogP contribution in [0.15, 0.2) is 15.2 Å². The average Bonchev–Trinajstić information content (AvgIpc) is 2.75. The van der Waals surface area contributed by atoms with E-state index in [-0.39, 0.29) is 5.91 Å². The number of thiophene rings is 1. The maximum absolute atomic E-state index is 11.7. The Bertz CT molecular complexity index is 333. The average molecular weight is 275 g/mol. The zero-order chi connectivity index (χ0) is 9.97. The second kappa shape index (κ2) is 4.42. The number of hydrogen-bond donors (Lipinski definition) is 2. The molecule has 1 amide bonds. The highest BCUT2D eigenvalue weighted by Crippen LogP contribution is 2.20. The SMILES string of the molecule is O=C(N[C@@H]1CCNC1)c1csc(Br)c1. The molecule has 0 aliphatic carbocycles. The summed E-state index contributed by atoms with van der Waals surface area (Å²) in [7, 11) is 0. The minimum Gasteiger partial charge on any atom is -0.348 e. The van der Waals surface area contributed by atoms with Crippen LogP contribution >= 0.6 is 27.3 Å². The fourth-order valence-corrected chi connectivity index (χ4v) is 2.61. The molecule has 2 rings (SSSR count). The van der Waals surface area contributed by atoms with E-state index in [1.165, 1.54) is 11.3 Å². The van der Waals surface area contributed by atoms with Crippen LogP contribution < -0.4 is 10.6 Å². The highest BCUT2D eigenvalue weighted by atomic mass is 79.9. The van der Waals surface area contributed by atoms with E-state index >= 15 is 0 Å². The van der Waals surface area contributed by atoms with Crippen LogP contribution in [0.3, 0.4) is 0 Å². The minimum atomic E-state index is 0.0284. The number of carbonyl (C=O) groups excluding carboxylic acids is 1. The van der Waals surface area contributed by atoms with Crippen molar-refractivity contribution in [2.45, 2.75) is 12.5 Å². The Morgan fingerprint density at radius 1 is 1.71 bits per heavy atom. The van der Waals surface area contributed by atoms with Crippen molar-refractivity contribution >= 4 is 33.2 Å². The Balaban J connectivity index is 1.95. The zero-order valence-corrected chi connectivity index (χ0v) is 9.95. The van der Waals surface area contributed by atoms with Gasteiger partial charge in [0.25, 0.3) is 5.91 Å². The molecule has 0 unspecified atom stereocenters. The van der Waals surface area contributed by atoms with E-state index in [0.717, 1.165) is 28.9 Å². The number of halogens is 1. The van der Waals surface area contributed by atoms with Gasteiger partial charge in [0.2, 0.25) is 0 Å². The molecule has 0 radical (unpaired) electrons. The molecule has 0 bridgehead atoms. The smallest absolute Gasteiger partial charge is 0.252 e. The first-order valence-electron chi connectivity index (χ1n) is 4.51. The van der Waals surface area contributed by atoms with Crippen LogP contribution in [-0.2, 0) is 0 Å². The summed E-state index contributed by atoms with van der Waals surface area (Å²) in [5.41, 5.74) is 0.744. The lowest BCUT2D eigenvalue weighted by Gasteiger charge is -2.09. The third-order valence-electron chi connectivity index (χ3n) is 2.23. The van der Waals surface area contributed by atoms with Crippen LogP contribution in [0.4, 0.5) is 0 Å². The van der Waals surface area contributed by atoms with Crippen molar-refractivity contribution in [2.75, 3.05) is 13.1 Å². The summed E-state index contributed by atoms with van der Waals surface area (Å²) in [5, 5.41) is 8.07. The summed E-state index contributed by atoms with van der Waals surface area (Å²) in [6.07, 6.45) is 1.02. The Labute approximate surface area is 95.0 Å². The van der Waals surface area contributed by atoms with Gasteiger partial charge in [-0.15, -0.1) is 11.3 Å². The largest absolute Gasteiger partial charge is 0.348 e. The third kappa shape index (κ3) is 2.34. The van der Waals surface area contributed by atoms with Crippen LogP contribution in [-0.4, -0.2) is 25.0 Å². The van der Waals surface area contributed by atoms with E-state index in [4.69, 9.17) is 0 Å². The normalized spacial score (nSPS) is 21.1. The van der Waals surface area contributed by atoms with E-state index in [1.54, 1.807) is 0 Å². The molecule has 14 heavy (non-hydrogen) atoms. The van der Waals surface area contributed by atoms with Crippen LogP contribution in [0.1, 0.15) is 16.8 Å². The fourth-order valence-electron chi connectivity index (χ4n) is 1.48. The molecule has 1 aliphatic heterocycles. The van der Waals surface area contributed by atoms with Crippen molar-refractivity contribution in [3.8, 4) is 0 Å². The van der Waals surface area contributed by atoms with Crippen LogP contribution in [0.25, 0.3) is 0 Å². The first-order valence-corrected chi connectivity index (χ1v) is 6.18. The third-order valence-corrected chi connectivity index (χ3v) is 3.73. The second-order valence-electron chi connectivity index (χ2n) is 3.30. The summed E-state index contributed by atoms with van der Waals surface area (Å²) in [5.74, 6) is 0.0284. The van der Waals surface area contributed by atoms with Crippen molar-refractivity contribution < 1.29 is 4.79 Å². The Kier molecular flexibility index (Phi) is 3.20. The summed E-state index contributed by atoms with van der Waals surface area (Å²) in [4.78, 5) is 11.7. The molecule has 1 aliphatic rings. The maximum atomic E-state index is 11.7. The molecular weight excluding hydrogens is 264 g/mol. The molecule has 1 saturated heterocycles. The van der Waals surface area contributed by atoms with Crippen molar-refractivity contribution in [1.29, 1.82) is 0 Å². The lowest BCUT2D eigenvalue weighted by molar-refractivity contribution is 0.0940. The van der Waals surface area contributed by atoms with Crippen molar-refractivity contribution in [2.24, 2.45) is 0 Å². The van der Waals surface area contributed by atoms with Gasteiger partial charge in [0.15, 0.2) is 0 Å². The number of hydrogen-bond acceptors (Lipinski definition) is 3. The van der Waals surface area contributed by atoms with Crippen LogP contribution in [0.2, 0.25) is 0 Å². The molecule has 76 valence electrons. The van der Waals surface area contributed by atoms with E-state index in [2.05, 4.69) is 26.6 Å². The van der Waals surface area contributed by atoms with Gasteiger partial charge in [-0.05, 0) is 35.0 Å². The Morgan fingerprint density at radius 3 is 3.14 bits per heavy atom. The van der Waals surface area contributed by atoms with Gasteiger partial charge in [-0.3, -0.25) is 4.79 Å². The zero-order valence-electron chi connectivity index (χ0n) is 7.55. The molecule has 5 heteroatoms. The topological polar surface area (TPSA) is 41.1 Å². The van der Waals surface area contributed by atoms with Gasteiger partial charge >= 0.3 is 0 Å². The minimum absolute atomic E-state index is 0.0284. The predicted molar refractivity (Wildman–Crippen MR) is 60.8 cm³/mol. The number of amides is 1. The molecule has 1 aromatic rings. The number of rotatable bonds is 2. The highest BCUT2D eigenvalue weighted by molar-refractivity contribution is 9.11. The summed E-state index contributed by atoms with van der Waals surface area (Å²) in [6.45, 7) is 1.88. The van der Waals surface area contributed by atoms with Gasteiger partial charge in [-0.25, -0.2) is 0 Å². The van der Waals surface area contributed by atoms with Gasteiger partial charge < -0.3 is 10.6 Å². The van der Waals surface area contributed by atoms with E-state index in [0.29, 0.717) is 6.04 Å². The molecule has 0 spiro atoms. The van der Waals surface area contributed by atoms with Crippen molar-refractivity contribution in [1.82, 2.24) is 10.6 Å². The predicted octanol–water partition coefficient (Wildman–Crippen LogP) is 1.60. The molecular formula is C9H11BrN2OS. The molecule has 1 atom stereocenters. The molecule has 0 aromatic carbocycles. The molecule has 3 nitrogen and oxygen atoms in total. The van der Waals surface area contributed by atoms with Gasteiger partial charge in [0.05, 0.1) is 9.35 Å². The van der Waals surface area contributed by atoms with Crippen molar-refractivity contribution in [3.63, 3.8) is 0 Å². The van der Waals surface area contributed by atoms with Crippen molar-refractivity contribution in [3.05, 3.63) is 20.8 Å². The highest BCUT2D eigenvalue weighted by Gasteiger charge is 2.17. The standard InChI is InChI=1S/C9H11BrN2OS/c10-8-3-6(5-14-8)9(13)12-7-1-2-11-4-7/h3,5,7,11H,1-2,4H2,(H,12,13)/t7-/m1/s1. The van der Waals surface area contributed by atoms with E-state index in [9.17, 15) is 4.79 Å². The van der Waals surface area contributed by atoms with Crippen LogP contribution in [0.5, 0.6) is 0 Å². The lowest BCUT2D eigenvalue weighted by Crippen LogP contribution is -2.35. The monoisotopic (exact) mass is 274 g/mol. The number of nitrogens with one attached hydrogen (secondary N) is 2.